The number of H-pyrrole nitrogens is 1. The zero-order valence-corrected chi connectivity index (χ0v) is 19.3. The number of hydrogen-bond donors (Lipinski definition) is 1. The summed E-state index contributed by atoms with van der Waals surface area (Å²) in [5, 5.41) is 7.19. The summed E-state index contributed by atoms with van der Waals surface area (Å²) in [6, 6.07) is 0. The molecular formula is C24H30F4N4O. The van der Waals surface area contributed by atoms with Gasteiger partial charge in [-0.25, -0.2) is 4.39 Å². The van der Waals surface area contributed by atoms with E-state index in [-0.39, 0.29) is 30.1 Å². The minimum absolute atomic E-state index is 0.0391. The lowest BCUT2D eigenvalue weighted by Gasteiger charge is -2.34. The van der Waals surface area contributed by atoms with Gasteiger partial charge in [0.25, 0.3) is 5.91 Å². The van der Waals surface area contributed by atoms with Crippen molar-refractivity contribution in [3.8, 4) is 0 Å². The Bertz CT molecular complexity index is 1010. The molecule has 5 nitrogen and oxygen atoms in total. The molecule has 9 heteroatoms. The first-order valence-corrected chi connectivity index (χ1v) is 11.0. The minimum atomic E-state index is -4.83. The number of likely N-dealkylation sites (tertiary alicyclic amines) is 1. The molecular weight excluding hydrogens is 436 g/mol. The van der Waals surface area contributed by atoms with Crippen molar-refractivity contribution in [2.75, 3.05) is 19.6 Å². The summed E-state index contributed by atoms with van der Waals surface area (Å²) < 4.78 is 55.5. The van der Waals surface area contributed by atoms with Crippen molar-refractivity contribution in [3.63, 3.8) is 0 Å². The summed E-state index contributed by atoms with van der Waals surface area (Å²) >= 11 is 0. The van der Waals surface area contributed by atoms with Crippen molar-refractivity contribution in [1.29, 1.82) is 0 Å². The van der Waals surface area contributed by atoms with Crippen LogP contribution in [0.25, 0.3) is 0 Å². The summed E-state index contributed by atoms with van der Waals surface area (Å²) in [4.78, 5) is 16.8. The first-order chi connectivity index (χ1) is 15.5. The van der Waals surface area contributed by atoms with Crippen molar-refractivity contribution >= 4 is 5.91 Å². The van der Waals surface area contributed by atoms with Crippen LogP contribution in [0.3, 0.4) is 0 Å². The third kappa shape index (κ3) is 5.07. The number of carbonyl (C=O) groups excluding carboxylic acids is 1. The molecule has 0 spiro atoms. The Kier molecular flexibility index (Phi) is 7.19. The summed E-state index contributed by atoms with van der Waals surface area (Å²) in [6.45, 7) is 13.9. The van der Waals surface area contributed by atoms with E-state index >= 15 is 0 Å². The van der Waals surface area contributed by atoms with Gasteiger partial charge in [-0.15, -0.1) is 0 Å². The summed E-state index contributed by atoms with van der Waals surface area (Å²) in [7, 11) is 0. The van der Waals surface area contributed by atoms with E-state index in [1.807, 2.05) is 6.92 Å². The fraction of sp³-hybridized carbons (Fsp3) is 0.500. The van der Waals surface area contributed by atoms with Crippen LogP contribution in [-0.2, 0) is 13.0 Å². The molecule has 1 fully saturated rings. The van der Waals surface area contributed by atoms with Crippen LogP contribution in [0.1, 0.15) is 55.4 Å². The monoisotopic (exact) mass is 466 g/mol. The first-order valence-electron chi connectivity index (χ1n) is 11.0. The summed E-state index contributed by atoms with van der Waals surface area (Å²) in [5.41, 5.74) is 1.64. The average molecular weight is 467 g/mol. The fourth-order valence-electron chi connectivity index (χ4n) is 4.50. The van der Waals surface area contributed by atoms with Crippen LogP contribution in [0.2, 0.25) is 0 Å². The van der Waals surface area contributed by atoms with Gasteiger partial charge in [-0.3, -0.25) is 9.89 Å². The highest BCUT2D eigenvalue weighted by atomic mass is 19.4. The Hall–Kier alpha value is -2.84. The molecule has 33 heavy (non-hydrogen) atoms. The number of nitrogens with one attached hydrogen (secondary N) is 1. The number of carbonyl (C=O) groups is 1. The number of nitrogens with zero attached hydrogens (tertiary/aromatic N) is 3. The fourth-order valence-corrected chi connectivity index (χ4v) is 4.50. The Morgan fingerprint density at radius 2 is 1.79 bits per heavy atom. The van der Waals surface area contributed by atoms with Crippen LogP contribution in [0.4, 0.5) is 17.6 Å². The van der Waals surface area contributed by atoms with Crippen molar-refractivity contribution in [2.24, 2.45) is 5.92 Å². The van der Waals surface area contributed by atoms with E-state index in [2.05, 4.69) is 28.3 Å². The van der Waals surface area contributed by atoms with Crippen LogP contribution in [-0.4, -0.2) is 51.7 Å². The molecule has 0 saturated carbocycles. The second-order valence-electron chi connectivity index (χ2n) is 8.85. The Morgan fingerprint density at radius 3 is 2.30 bits per heavy atom. The number of rotatable bonds is 5. The average Bonchev–Trinajstić information content (AvgIpc) is 3.19. The number of alkyl halides is 3. The number of halogens is 4. The summed E-state index contributed by atoms with van der Waals surface area (Å²) in [6.07, 6.45) is -2.48. The summed E-state index contributed by atoms with van der Waals surface area (Å²) in [5.74, 6) is -2.03. The standard InChI is InChI=1S/C24H30F4N4O/c1-6-17(20(24(26,27)28)21(25)14(2)3)16-7-10-31(11-8-16)23(33)22-18-9-12-32(15(4)5)13-19(18)29-30-22/h6,16H,1,4,7-13H2,2-3,5H3,(H,29,30)/b20-17-. The van der Waals surface area contributed by atoms with Gasteiger partial charge in [0.15, 0.2) is 5.69 Å². The Balaban J connectivity index is 1.77. The van der Waals surface area contributed by atoms with Crippen LogP contribution >= 0.6 is 0 Å². The van der Waals surface area contributed by atoms with Gasteiger partial charge in [0.2, 0.25) is 0 Å². The topological polar surface area (TPSA) is 52.2 Å². The highest BCUT2D eigenvalue weighted by Gasteiger charge is 2.41. The lowest BCUT2D eigenvalue weighted by atomic mass is 9.85. The lowest BCUT2D eigenvalue weighted by molar-refractivity contribution is -0.0924. The molecule has 1 aromatic heterocycles. The van der Waals surface area contributed by atoms with Gasteiger partial charge in [0.05, 0.1) is 17.8 Å². The zero-order chi connectivity index (χ0) is 24.5. The molecule has 2 aliphatic heterocycles. The molecule has 0 radical (unpaired) electrons. The molecule has 1 amide bonds. The number of aromatic nitrogens is 2. The second-order valence-corrected chi connectivity index (χ2v) is 8.85. The quantitative estimate of drug-likeness (QED) is 0.463. The molecule has 0 atom stereocenters. The van der Waals surface area contributed by atoms with Crippen molar-refractivity contribution in [1.82, 2.24) is 20.0 Å². The van der Waals surface area contributed by atoms with Gasteiger partial charge in [0.1, 0.15) is 5.83 Å². The second kappa shape index (κ2) is 9.57. The SMILES string of the molecule is C=C/C(=C(\C(F)=C(C)C)C(F)(F)F)C1CCN(C(=O)c2n[nH]c3c2CCN(C(=C)C)C3)CC1. The van der Waals surface area contributed by atoms with E-state index in [0.29, 0.717) is 31.5 Å². The largest absolute Gasteiger partial charge is 0.419 e. The van der Waals surface area contributed by atoms with E-state index in [4.69, 9.17) is 0 Å². The first kappa shape index (κ1) is 24.8. The number of aromatic amines is 1. The molecule has 1 N–H and O–H groups in total. The molecule has 1 saturated heterocycles. The maximum Gasteiger partial charge on any atom is 0.419 e. The van der Waals surface area contributed by atoms with Crippen molar-refractivity contribution < 1.29 is 22.4 Å². The zero-order valence-electron chi connectivity index (χ0n) is 19.3. The van der Waals surface area contributed by atoms with Crippen LogP contribution in [0.5, 0.6) is 0 Å². The van der Waals surface area contributed by atoms with Gasteiger partial charge in [-0.1, -0.05) is 19.2 Å². The maximum atomic E-state index is 14.5. The molecule has 3 heterocycles. The van der Waals surface area contributed by atoms with Gasteiger partial charge in [0, 0.05) is 30.9 Å². The molecule has 2 aliphatic rings. The Morgan fingerprint density at radius 1 is 1.15 bits per heavy atom. The van der Waals surface area contributed by atoms with Crippen molar-refractivity contribution in [3.05, 3.63) is 64.4 Å². The third-order valence-electron chi connectivity index (χ3n) is 6.35. The number of allylic oxidation sites excluding steroid dienone is 6. The van der Waals surface area contributed by atoms with E-state index in [9.17, 15) is 22.4 Å². The van der Waals surface area contributed by atoms with Gasteiger partial charge in [-0.05, 0) is 57.1 Å². The highest BCUT2D eigenvalue weighted by Crippen LogP contribution is 2.40. The van der Waals surface area contributed by atoms with Gasteiger partial charge < -0.3 is 9.80 Å². The van der Waals surface area contributed by atoms with E-state index in [1.54, 1.807) is 4.90 Å². The predicted octanol–water partition coefficient (Wildman–Crippen LogP) is 5.46. The molecule has 0 bridgehead atoms. The van der Waals surface area contributed by atoms with E-state index in [0.717, 1.165) is 29.6 Å². The molecule has 3 rings (SSSR count). The maximum absolute atomic E-state index is 14.5. The van der Waals surface area contributed by atoms with Crippen LogP contribution in [0, 0.1) is 5.92 Å². The third-order valence-corrected chi connectivity index (χ3v) is 6.35. The molecule has 0 unspecified atom stereocenters. The molecule has 1 aromatic rings. The van der Waals surface area contributed by atoms with Crippen LogP contribution < -0.4 is 0 Å². The van der Waals surface area contributed by atoms with Gasteiger partial charge >= 0.3 is 6.18 Å². The highest BCUT2D eigenvalue weighted by molar-refractivity contribution is 5.94. The van der Waals surface area contributed by atoms with E-state index < -0.39 is 23.5 Å². The van der Waals surface area contributed by atoms with Crippen molar-refractivity contribution in [2.45, 2.75) is 52.8 Å². The predicted molar refractivity (Wildman–Crippen MR) is 119 cm³/mol. The van der Waals surface area contributed by atoms with Gasteiger partial charge in [-0.2, -0.15) is 18.3 Å². The number of amides is 1. The molecule has 0 aliphatic carbocycles. The number of fused-ring (bicyclic) bond motifs is 1. The number of piperidine rings is 1. The number of hydrogen-bond acceptors (Lipinski definition) is 3. The molecule has 0 aromatic carbocycles. The normalized spacial score (nSPS) is 17.9. The Labute approximate surface area is 191 Å². The minimum Gasteiger partial charge on any atom is -0.369 e. The van der Waals surface area contributed by atoms with Crippen LogP contribution in [0.15, 0.2) is 47.5 Å². The molecule has 180 valence electrons. The van der Waals surface area contributed by atoms with E-state index in [1.165, 1.54) is 13.8 Å². The lowest BCUT2D eigenvalue weighted by Crippen LogP contribution is -2.40. The smallest absolute Gasteiger partial charge is 0.369 e.